The summed E-state index contributed by atoms with van der Waals surface area (Å²) in [6.07, 6.45) is -52.6. The molecule has 5 aliphatic heterocycles. The monoisotopic (exact) mass is 991 g/mol. The first-order valence-electron chi connectivity index (χ1n) is 21.1. The van der Waals surface area contributed by atoms with Gasteiger partial charge in [-0.25, -0.2) is 0 Å². The highest BCUT2D eigenvalue weighted by atomic mass is 16.8. The topological polar surface area (TPSA) is 523 Å². The number of rotatable bonds is 20. The highest BCUT2D eigenvalue weighted by Crippen LogP contribution is 2.32. The molecule has 0 amide bonds. The third kappa shape index (κ3) is 12.7. The van der Waals surface area contributed by atoms with Crippen molar-refractivity contribution < 1.29 is 149 Å². The Bertz CT molecular complexity index is 1460. The van der Waals surface area contributed by atoms with E-state index in [2.05, 4.69) is 0 Å². The molecule has 394 valence electrons. The summed E-state index contributed by atoms with van der Waals surface area (Å²) < 4.78 is 55.0. The lowest BCUT2D eigenvalue weighted by Gasteiger charge is -2.47. The average Bonchev–Trinajstić information content (AvgIpc) is 3.32. The van der Waals surface area contributed by atoms with Crippen molar-refractivity contribution in [3.05, 3.63) is 0 Å². The van der Waals surface area contributed by atoms with Gasteiger partial charge in [-0.2, -0.15) is 0 Å². The van der Waals surface area contributed by atoms with E-state index in [4.69, 9.17) is 53.1 Å². The van der Waals surface area contributed by atoms with Crippen LogP contribution >= 0.6 is 0 Å². The standard InChI is InChI=1S/C36H65NO30/c37-15-22(50)17(45)10(2-39)61-32(15)59-7-14-21(49)31(67-36-28(56)24(52)19(47)12(4-41)63-36)29(57)34(65-14)60-6-13-20(48)25(53)26(54)33(64-13)58-5-9(43)16(44)30(8(42)1-38)66-35-27(55)23(51)18(46)11(3-40)62-35/h8-36,38-57H,1-7,37H2/t8-,9+,10+,11+,12+,13+,14+,15+,16+,17+,18+,19+,20+,21+,22+,23-,24-,25-,26+,27+,28+,29+,30+,31-,32+,33+,34+,35-,36-/m0/s1. The van der Waals surface area contributed by atoms with Gasteiger partial charge in [-0.05, 0) is 0 Å². The van der Waals surface area contributed by atoms with Gasteiger partial charge in [-0.1, -0.05) is 0 Å². The molecule has 0 saturated carbocycles. The molecule has 0 unspecified atom stereocenters. The lowest BCUT2D eigenvalue weighted by molar-refractivity contribution is -0.369. The van der Waals surface area contributed by atoms with E-state index in [-0.39, 0.29) is 0 Å². The maximum Gasteiger partial charge on any atom is 0.187 e. The number of aliphatic hydroxyl groups is 20. The summed E-state index contributed by atoms with van der Waals surface area (Å²) >= 11 is 0. The fraction of sp³-hybridized carbons (Fsp3) is 1.00. The molecule has 0 radical (unpaired) electrons. The van der Waals surface area contributed by atoms with Gasteiger partial charge in [0.2, 0.25) is 0 Å². The average molecular weight is 992 g/mol. The van der Waals surface area contributed by atoms with Gasteiger partial charge in [0, 0.05) is 0 Å². The van der Waals surface area contributed by atoms with Crippen LogP contribution in [-0.4, -0.2) is 326 Å². The van der Waals surface area contributed by atoms with Crippen LogP contribution in [0.25, 0.3) is 0 Å². The second kappa shape index (κ2) is 24.9. The summed E-state index contributed by atoms with van der Waals surface area (Å²) in [6, 6.07) is -1.43. The maximum atomic E-state index is 11.4. The van der Waals surface area contributed by atoms with E-state index in [0.29, 0.717) is 0 Å². The molecule has 0 bridgehead atoms. The third-order valence-electron chi connectivity index (χ3n) is 12.1. The minimum Gasteiger partial charge on any atom is -0.394 e. The van der Waals surface area contributed by atoms with E-state index in [1.54, 1.807) is 0 Å². The Morgan fingerprint density at radius 2 is 0.806 bits per heavy atom. The van der Waals surface area contributed by atoms with E-state index in [0.717, 1.165) is 0 Å². The smallest absolute Gasteiger partial charge is 0.187 e. The molecule has 0 spiro atoms. The van der Waals surface area contributed by atoms with Crippen molar-refractivity contribution in [1.29, 1.82) is 0 Å². The first-order valence-corrected chi connectivity index (χ1v) is 21.1. The van der Waals surface area contributed by atoms with Crippen LogP contribution in [0.4, 0.5) is 0 Å². The zero-order chi connectivity index (χ0) is 49.8. The molecule has 5 fully saturated rings. The van der Waals surface area contributed by atoms with Gasteiger partial charge in [-0.3, -0.25) is 0 Å². The van der Waals surface area contributed by atoms with Crippen molar-refractivity contribution in [1.82, 2.24) is 0 Å². The molecule has 31 nitrogen and oxygen atoms in total. The van der Waals surface area contributed by atoms with Crippen molar-refractivity contribution >= 4 is 0 Å². The van der Waals surface area contributed by atoms with Gasteiger partial charge in [0.1, 0.15) is 140 Å². The summed E-state index contributed by atoms with van der Waals surface area (Å²) in [5, 5.41) is 208. The van der Waals surface area contributed by atoms with E-state index >= 15 is 0 Å². The minimum absolute atomic E-state index is 0.747. The van der Waals surface area contributed by atoms with E-state index in [9.17, 15) is 102 Å². The molecular weight excluding hydrogens is 926 g/mol. The Kier molecular flexibility index (Phi) is 21.1. The van der Waals surface area contributed by atoms with Crippen molar-refractivity contribution in [3.8, 4) is 0 Å². The second-order valence-corrected chi connectivity index (χ2v) is 16.7. The predicted octanol–water partition coefficient (Wildman–Crippen LogP) is -14.5. The summed E-state index contributed by atoms with van der Waals surface area (Å²) in [4.78, 5) is 0. The van der Waals surface area contributed by atoms with Gasteiger partial charge in [0.05, 0.1) is 52.3 Å². The summed E-state index contributed by atoms with van der Waals surface area (Å²) in [5.41, 5.74) is 5.95. The van der Waals surface area contributed by atoms with Crippen LogP contribution in [0.15, 0.2) is 0 Å². The highest BCUT2D eigenvalue weighted by molar-refractivity contribution is 4.97. The van der Waals surface area contributed by atoms with Crippen molar-refractivity contribution in [2.24, 2.45) is 5.73 Å². The zero-order valence-electron chi connectivity index (χ0n) is 35.3. The van der Waals surface area contributed by atoms with Crippen LogP contribution in [0.2, 0.25) is 0 Å². The Balaban J connectivity index is 1.27. The largest absolute Gasteiger partial charge is 0.394 e. The van der Waals surface area contributed by atoms with Gasteiger partial charge in [-0.15, -0.1) is 0 Å². The molecule has 5 saturated heterocycles. The maximum absolute atomic E-state index is 11.4. The predicted molar refractivity (Wildman–Crippen MR) is 203 cm³/mol. The summed E-state index contributed by atoms with van der Waals surface area (Å²) in [7, 11) is 0. The Morgan fingerprint density at radius 3 is 1.33 bits per heavy atom. The van der Waals surface area contributed by atoms with Crippen LogP contribution in [0.5, 0.6) is 0 Å². The van der Waals surface area contributed by atoms with E-state index < -0.39 is 224 Å². The zero-order valence-corrected chi connectivity index (χ0v) is 35.3. The van der Waals surface area contributed by atoms with Crippen LogP contribution in [0.3, 0.4) is 0 Å². The van der Waals surface area contributed by atoms with Gasteiger partial charge in [0.25, 0.3) is 0 Å². The Morgan fingerprint density at radius 1 is 0.403 bits per heavy atom. The number of hydrogen-bond acceptors (Lipinski definition) is 31. The van der Waals surface area contributed by atoms with Crippen LogP contribution in [0, 0.1) is 0 Å². The molecule has 0 aromatic carbocycles. The SMILES string of the molecule is N[C@H]1[C@H](OC[C@H]2O[C@@H](OC[C@H]3O[C@@H](OC[C@@H](O)[C@@H](O)[C@H](O[C@@H]4O[C@H](CO)[C@@H](O)[C@H](O)[C@H]4O)[C@@H](O)CO)[C@H](O)[C@@H](O)[C@@H]3O)[C@H](O)[C@@H](O[C@@H]3O[C@H](CO)[C@@H](O)[C@H](O)[C@H]3O)[C@@H]2O)O[C@H](CO)[C@@H](O)[C@@H]1O. The molecule has 67 heavy (non-hydrogen) atoms. The number of nitrogens with two attached hydrogens (primary N) is 1. The molecule has 5 rings (SSSR count). The van der Waals surface area contributed by atoms with Crippen LogP contribution in [-0.2, 0) is 47.4 Å². The summed E-state index contributed by atoms with van der Waals surface area (Å²) in [6.45, 7) is -6.31. The first-order chi connectivity index (χ1) is 31.6. The van der Waals surface area contributed by atoms with E-state index in [1.165, 1.54) is 0 Å². The van der Waals surface area contributed by atoms with Crippen molar-refractivity contribution in [2.75, 3.05) is 46.2 Å². The molecular formula is C36H65NO30. The molecule has 22 N–H and O–H groups in total. The minimum atomic E-state index is -2.24. The first kappa shape index (κ1) is 56.7. The second-order valence-electron chi connectivity index (χ2n) is 16.7. The van der Waals surface area contributed by atoms with Crippen LogP contribution in [0.1, 0.15) is 0 Å². The van der Waals surface area contributed by atoms with Gasteiger partial charge in [0.15, 0.2) is 31.5 Å². The number of hydrogen-bond donors (Lipinski definition) is 21. The molecule has 5 heterocycles. The fourth-order valence-corrected chi connectivity index (χ4v) is 7.85. The molecule has 0 aliphatic carbocycles. The molecule has 5 aliphatic rings. The molecule has 0 aromatic heterocycles. The number of ether oxygens (including phenoxy) is 10. The quantitative estimate of drug-likeness (QED) is 0.0538. The Labute approximate surface area is 379 Å². The molecule has 0 aromatic rings. The normalized spacial score (nSPS) is 48.4. The Hall–Kier alpha value is -1.24. The van der Waals surface area contributed by atoms with Gasteiger partial charge < -0.3 is 155 Å². The highest BCUT2D eigenvalue weighted by Gasteiger charge is 2.54. The van der Waals surface area contributed by atoms with Crippen molar-refractivity contribution in [2.45, 2.75) is 178 Å². The van der Waals surface area contributed by atoms with E-state index in [1.807, 2.05) is 0 Å². The molecule has 29 atom stereocenters. The lowest BCUT2D eigenvalue weighted by Crippen LogP contribution is -2.66. The fourth-order valence-electron chi connectivity index (χ4n) is 7.85. The number of aliphatic hydroxyl groups excluding tert-OH is 20. The molecule has 31 heteroatoms. The van der Waals surface area contributed by atoms with Gasteiger partial charge >= 0.3 is 0 Å². The third-order valence-corrected chi connectivity index (χ3v) is 12.1. The lowest BCUT2D eigenvalue weighted by atomic mass is 9.96. The van der Waals surface area contributed by atoms with Crippen LogP contribution < -0.4 is 5.73 Å². The van der Waals surface area contributed by atoms with Crippen molar-refractivity contribution in [3.63, 3.8) is 0 Å². The summed E-state index contributed by atoms with van der Waals surface area (Å²) in [5.74, 6) is 0.